The van der Waals surface area contributed by atoms with Crippen molar-refractivity contribution in [1.82, 2.24) is 4.90 Å². The van der Waals surface area contributed by atoms with Crippen LogP contribution in [0.2, 0.25) is 0 Å². The third-order valence-electron chi connectivity index (χ3n) is 4.41. The van der Waals surface area contributed by atoms with Gasteiger partial charge >= 0.3 is 5.97 Å². The summed E-state index contributed by atoms with van der Waals surface area (Å²) in [6.45, 7) is 3.66. The molecule has 0 radical (unpaired) electrons. The SMILES string of the molecule is CCC1CC(C(=O)O)C(C(=O)N2CCCSCC2)C1. The van der Waals surface area contributed by atoms with Gasteiger partial charge in [-0.25, -0.2) is 0 Å². The second-order valence-corrected chi connectivity index (χ2v) is 6.81. The average molecular weight is 285 g/mol. The molecule has 1 saturated heterocycles. The second-order valence-electron chi connectivity index (χ2n) is 5.59. The van der Waals surface area contributed by atoms with Crippen LogP contribution in [0.1, 0.15) is 32.6 Å². The van der Waals surface area contributed by atoms with Gasteiger partial charge in [0.25, 0.3) is 0 Å². The van der Waals surface area contributed by atoms with Gasteiger partial charge in [0, 0.05) is 18.8 Å². The molecule has 4 nitrogen and oxygen atoms in total. The highest BCUT2D eigenvalue weighted by Crippen LogP contribution is 2.39. The standard InChI is InChI=1S/C14H23NO3S/c1-2-10-8-11(12(9-10)14(17)18)13(16)15-4-3-6-19-7-5-15/h10-12H,2-9H2,1H3,(H,17,18). The van der Waals surface area contributed by atoms with E-state index < -0.39 is 11.9 Å². The van der Waals surface area contributed by atoms with E-state index in [0.29, 0.717) is 12.3 Å². The number of amides is 1. The van der Waals surface area contributed by atoms with Gasteiger partial charge in [0.15, 0.2) is 0 Å². The van der Waals surface area contributed by atoms with Crippen molar-refractivity contribution in [2.75, 3.05) is 24.6 Å². The highest BCUT2D eigenvalue weighted by Gasteiger charge is 2.43. The zero-order chi connectivity index (χ0) is 13.8. The first-order valence-corrected chi connectivity index (χ1v) is 8.38. The Labute approximate surface area is 118 Å². The summed E-state index contributed by atoms with van der Waals surface area (Å²) in [5.41, 5.74) is 0. The van der Waals surface area contributed by atoms with Gasteiger partial charge in [-0.05, 0) is 30.9 Å². The van der Waals surface area contributed by atoms with E-state index in [1.807, 2.05) is 16.7 Å². The minimum absolute atomic E-state index is 0.0888. The van der Waals surface area contributed by atoms with E-state index in [1.165, 1.54) is 0 Å². The lowest BCUT2D eigenvalue weighted by Crippen LogP contribution is -2.40. The Morgan fingerprint density at radius 1 is 1.21 bits per heavy atom. The highest BCUT2D eigenvalue weighted by atomic mass is 32.2. The Balaban J connectivity index is 2.05. The molecule has 1 N–H and O–H groups in total. The molecule has 1 heterocycles. The lowest BCUT2D eigenvalue weighted by atomic mass is 9.94. The van der Waals surface area contributed by atoms with Crippen LogP contribution in [0.4, 0.5) is 0 Å². The van der Waals surface area contributed by atoms with Gasteiger partial charge < -0.3 is 10.0 Å². The predicted molar refractivity (Wildman–Crippen MR) is 76.2 cm³/mol. The highest BCUT2D eigenvalue weighted by molar-refractivity contribution is 7.99. The maximum Gasteiger partial charge on any atom is 0.307 e. The van der Waals surface area contributed by atoms with Crippen LogP contribution in [0, 0.1) is 17.8 Å². The molecule has 0 aromatic heterocycles. The molecule has 3 atom stereocenters. The second kappa shape index (κ2) is 6.64. The third-order valence-corrected chi connectivity index (χ3v) is 5.45. The maximum absolute atomic E-state index is 12.6. The molecule has 0 bridgehead atoms. The first kappa shape index (κ1) is 14.7. The molecular formula is C14H23NO3S. The first-order chi connectivity index (χ1) is 9.13. The van der Waals surface area contributed by atoms with E-state index in [4.69, 9.17) is 0 Å². The number of carboxylic acids is 1. The minimum atomic E-state index is -0.793. The number of hydrogen-bond acceptors (Lipinski definition) is 3. The zero-order valence-electron chi connectivity index (χ0n) is 11.5. The van der Waals surface area contributed by atoms with Gasteiger partial charge in [-0.1, -0.05) is 13.3 Å². The van der Waals surface area contributed by atoms with Crippen molar-refractivity contribution >= 4 is 23.6 Å². The molecule has 3 unspecified atom stereocenters. The Morgan fingerprint density at radius 3 is 2.63 bits per heavy atom. The molecule has 2 aliphatic rings. The van der Waals surface area contributed by atoms with E-state index >= 15 is 0 Å². The zero-order valence-corrected chi connectivity index (χ0v) is 12.3. The molecule has 108 valence electrons. The number of carbonyl (C=O) groups is 2. The Morgan fingerprint density at radius 2 is 1.95 bits per heavy atom. The van der Waals surface area contributed by atoms with Crippen LogP contribution in [0.3, 0.4) is 0 Å². The van der Waals surface area contributed by atoms with Crippen LogP contribution in [-0.4, -0.2) is 46.5 Å². The first-order valence-electron chi connectivity index (χ1n) is 7.22. The van der Waals surface area contributed by atoms with Gasteiger partial charge in [-0.2, -0.15) is 11.8 Å². The lowest BCUT2D eigenvalue weighted by Gasteiger charge is -2.25. The van der Waals surface area contributed by atoms with E-state index in [-0.39, 0.29) is 11.8 Å². The third kappa shape index (κ3) is 3.44. The summed E-state index contributed by atoms with van der Waals surface area (Å²) < 4.78 is 0. The van der Waals surface area contributed by atoms with Crippen molar-refractivity contribution in [2.45, 2.75) is 32.6 Å². The van der Waals surface area contributed by atoms with Crippen LogP contribution < -0.4 is 0 Å². The summed E-state index contributed by atoms with van der Waals surface area (Å²) in [4.78, 5) is 25.8. The molecule has 1 aliphatic carbocycles. The minimum Gasteiger partial charge on any atom is -0.481 e. The number of thioether (sulfide) groups is 1. The topological polar surface area (TPSA) is 57.6 Å². The number of carboxylic acid groups (broad SMARTS) is 1. The molecule has 0 aromatic carbocycles. The number of nitrogens with zero attached hydrogens (tertiary/aromatic N) is 1. The monoisotopic (exact) mass is 285 g/mol. The van der Waals surface area contributed by atoms with Crippen molar-refractivity contribution in [2.24, 2.45) is 17.8 Å². The average Bonchev–Trinajstić information content (AvgIpc) is 2.65. The van der Waals surface area contributed by atoms with Crippen molar-refractivity contribution < 1.29 is 14.7 Å². The van der Waals surface area contributed by atoms with Crippen molar-refractivity contribution in [3.63, 3.8) is 0 Å². The van der Waals surface area contributed by atoms with Gasteiger partial charge in [0.1, 0.15) is 0 Å². The van der Waals surface area contributed by atoms with Crippen LogP contribution in [0.15, 0.2) is 0 Å². The molecule has 0 aromatic rings. The molecule has 1 aliphatic heterocycles. The molecule has 2 rings (SSSR count). The van der Waals surface area contributed by atoms with E-state index in [9.17, 15) is 14.7 Å². The molecular weight excluding hydrogens is 262 g/mol. The normalized spacial score (nSPS) is 32.1. The molecule has 19 heavy (non-hydrogen) atoms. The number of rotatable bonds is 3. The Hall–Kier alpha value is -0.710. The van der Waals surface area contributed by atoms with Gasteiger partial charge in [0.05, 0.1) is 11.8 Å². The smallest absolute Gasteiger partial charge is 0.307 e. The van der Waals surface area contributed by atoms with E-state index in [2.05, 4.69) is 6.92 Å². The largest absolute Gasteiger partial charge is 0.481 e. The Kier molecular flexibility index (Phi) is 5.13. The number of aliphatic carboxylic acids is 1. The van der Waals surface area contributed by atoms with Gasteiger partial charge in [-0.15, -0.1) is 0 Å². The number of carbonyl (C=O) groups excluding carboxylic acids is 1. The van der Waals surface area contributed by atoms with E-state index in [1.54, 1.807) is 0 Å². The molecule has 1 saturated carbocycles. The quantitative estimate of drug-likeness (QED) is 0.862. The fraction of sp³-hybridized carbons (Fsp3) is 0.857. The van der Waals surface area contributed by atoms with Crippen LogP contribution >= 0.6 is 11.8 Å². The van der Waals surface area contributed by atoms with Gasteiger partial charge in [-0.3, -0.25) is 9.59 Å². The molecule has 0 spiro atoms. The van der Waals surface area contributed by atoms with Gasteiger partial charge in [0.2, 0.25) is 5.91 Å². The fourth-order valence-electron chi connectivity index (χ4n) is 3.22. The van der Waals surface area contributed by atoms with E-state index in [0.717, 1.165) is 43.9 Å². The lowest BCUT2D eigenvalue weighted by molar-refractivity contribution is -0.149. The van der Waals surface area contributed by atoms with Crippen LogP contribution in [-0.2, 0) is 9.59 Å². The fourth-order valence-corrected chi connectivity index (χ4v) is 4.11. The molecule has 5 heteroatoms. The van der Waals surface area contributed by atoms with Crippen LogP contribution in [0.25, 0.3) is 0 Å². The van der Waals surface area contributed by atoms with Crippen molar-refractivity contribution in [1.29, 1.82) is 0 Å². The Bertz CT molecular complexity index is 340. The summed E-state index contributed by atoms with van der Waals surface area (Å²) in [6.07, 6.45) is 3.43. The predicted octanol–water partition coefficient (Wildman–Crippen LogP) is 2.09. The molecule has 1 amide bonds. The summed E-state index contributed by atoms with van der Waals surface area (Å²) in [7, 11) is 0. The molecule has 2 fully saturated rings. The van der Waals surface area contributed by atoms with Crippen molar-refractivity contribution in [3.05, 3.63) is 0 Å². The summed E-state index contributed by atoms with van der Waals surface area (Å²) in [6, 6.07) is 0. The van der Waals surface area contributed by atoms with Crippen molar-refractivity contribution in [3.8, 4) is 0 Å². The van der Waals surface area contributed by atoms with Crippen LogP contribution in [0.5, 0.6) is 0 Å². The summed E-state index contributed by atoms with van der Waals surface area (Å²) in [5, 5.41) is 9.32. The summed E-state index contributed by atoms with van der Waals surface area (Å²) in [5.74, 6) is 1.03. The number of hydrogen-bond donors (Lipinski definition) is 1. The maximum atomic E-state index is 12.6. The summed E-state index contributed by atoms with van der Waals surface area (Å²) >= 11 is 1.88.